The Hall–Kier alpha value is -3.52. The maximum Gasteiger partial charge on any atom is 0.231 e. The molecule has 174 valence electrons. The van der Waals surface area contributed by atoms with E-state index in [0.29, 0.717) is 47.4 Å². The Labute approximate surface area is 203 Å². The van der Waals surface area contributed by atoms with E-state index >= 15 is 0 Å². The molecule has 0 unspecified atom stereocenters. The number of thiol groups is 1. The van der Waals surface area contributed by atoms with Crippen molar-refractivity contribution in [3.05, 3.63) is 70.4 Å². The molecule has 0 saturated carbocycles. The van der Waals surface area contributed by atoms with E-state index in [4.69, 9.17) is 11.6 Å². The second kappa shape index (κ2) is 10.6. The molecule has 0 atom stereocenters. The van der Waals surface area contributed by atoms with Crippen LogP contribution in [0.15, 0.2) is 48.7 Å². The lowest BCUT2D eigenvalue weighted by Gasteiger charge is -2.19. The molecule has 0 bridgehead atoms. The Morgan fingerprint density at radius 1 is 1.21 bits per heavy atom. The van der Waals surface area contributed by atoms with Crippen LogP contribution < -0.4 is 14.9 Å². The van der Waals surface area contributed by atoms with Crippen molar-refractivity contribution in [3.8, 4) is 17.3 Å². The number of fused-ring (bicyclic) bond motifs is 1. The summed E-state index contributed by atoms with van der Waals surface area (Å²) in [4.78, 5) is 23.3. The van der Waals surface area contributed by atoms with Gasteiger partial charge in [-0.15, -0.1) is 0 Å². The highest BCUT2D eigenvalue weighted by Gasteiger charge is 2.29. The first-order valence-corrected chi connectivity index (χ1v) is 12.1. The van der Waals surface area contributed by atoms with Gasteiger partial charge in [0.25, 0.3) is 0 Å². The predicted molar refractivity (Wildman–Crippen MR) is 130 cm³/mol. The van der Waals surface area contributed by atoms with Gasteiger partial charge in [-0.3, -0.25) is 4.79 Å². The van der Waals surface area contributed by atoms with E-state index < -0.39 is 10.9 Å². The van der Waals surface area contributed by atoms with E-state index in [0.717, 1.165) is 16.7 Å². The molecule has 4 rings (SSSR count). The van der Waals surface area contributed by atoms with Crippen molar-refractivity contribution in [1.29, 1.82) is 5.26 Å². The number of aromatic nitrogens is 2. The summed E-state index contributed by atoms with van der Waals surface area (Å²) in [5, 5.41) is 13.3. The molecule has 34 heavy (non-hydrogen) atoms. The smallest absolute Gasteiger partial charge is 0.231 e. The molecule has 0 spiro atoms. The minimum absolute atomic E-state index is 0.113. The molecule has 1 aliphatic heterocycles. The maximum atomic E-state index is 13.1. The van der Waals surface area contributed by atoms with E-state index in [-0.39, 0.29) is 18.9 Å². The Morgan fingerprint density at radius 2 is 2.03 bits per heavy atom. The van der Waals surface area contributed by atoms with E-state index in [1.165, 1.54) is 0 Å². The van der Waals surface area contributed by atoms with Crippen molar-refractivity contribution in [2.45, 2.75) is 12.8 Å². The average molecular weight is 497 g/mol. The van der Waals surface area contributed by atoms with E-state index in [1.807, 2.05) is 24.3 Å². The van der Waals surface area contributed by atoms with Gasteiger partial charge in [0.2, 0.25) is 22.7 Å². The number of nitriles is 1. The number of nitrogens with zero attached hydrogens (tertiary/aromatic N) is 4. The van der Waals surface area contributed by atoms with Crippen LogP contribution in [0.25, 0.3) is 11.3 Å². The highest BCUT2D eigenvalue weighted by Crippen LogP contribution is 2.36. The van der Waals surface area contributed by atoms with Crippen LogP contribution in [0.3, 0.4) is 0 Å². The topological polar surface area (TPSA) is 128 Å². The summed E-state index contributed by atoms with van der Waals surface area (Å²) in [6.45, 7) is 1.02. The number of hydrogen-bond acceptors (Lipinski definition) is 7. The molecule has 1 amide bonds. The molecular formula is C23H21ClN6O3S. The largest absolute Gasteiger partial charge is 0.353 e. The number of nitrogens with one attached hydrogen (secondary N) is 2. The molecule has 3 aromatic rings. The first kappa shape index (κ1) is 23.6. The molecule has 0 fully saturated rings. The summed E-state index contributed by atoms with van der Waals surface area (Å²) in [5.74, 6) is 0.231. The fraction of sp³-hybridized carbons (Fsp3) is 0.217. The Kier molecular flexibility index (Phi) is 7.37. The molecule has 0 radical (unpaired) electrons. The van der Waals surface area contributed by atoms with Gasteiger partial charge in [0.1, 0.15) is 6.07 Å². The molecule has 1 aromatic heterocycles. The van der Waals surface area contributed by atoms with Gasteiger partial charge >= 0.3 is 0 Å². The summed E-state index contributed by atoms with van der Waals surface area (Å²) in [6.07, 6.45) is 2.37. The number of benzene rings is 2. The van der Waals surface area contributed by atoms with Gasteiger partial charge < -0.3 is 10.2 Å². The number of rotatable bonds is 8. The van der Waals surface area contributed by atoms with Crippen LogP contribution in [-0.4, -0.2) is 43.9 Å². The Balaban J connectivity index is 1.56. The van der Waals surface area contributed by atoms with E-state index in [2.05, 4.69) is 26.1 Å². The molecule has 0 saturated heterocycles. The zero-order valence-corrected chi connectivity index (χ0v) is 19.6. The lowest BCUT2D eigenvalue weighted by atomic mass is 10.0. The first-order valence-electron chi connectivity index (χ1n) is 10.5. The highest BCUT2D eigenvalue weighted by atomic mass is 35.5. The third-order valence-corrected chi connectivity index (χ3v) is 6.24. The third kappa shape index (κ3) is 5.34. The number of halogens is 1. The molecule has 2 aromatic carbocycles. The zero-order valence-electron chi connectivity index (χ0n) is 18.0. The highest BCUT2D eigenvalue weighted by molar-refractivity contribution is 7.70. The van der Waals surface area contributed by atoms with Gasteiger partial charge in [0.15, 0.2) is 0 Å². The molecule has 9 nitrogen and oxygen atoms in total. The molecule has 11 heteroatoms. The zero-order chi connectivity index (χ0) is 24.1. The fourth-order valence-corrected chi connectivity index (χ4v) is 4.35. The number of amides is 1. The summed E-state index contributed by atoms with van der Waals surface area (Å²) >= 11 is 6.22. The van der Waals surface area contributed by atoms with Gasteiger partial charge in [-0.1, -0.05) is 29.8 Å². The van der Waals surface area contributed by atoms with Crippen molar-refractivity contribution in [3.63, 3.8) is 0 Å². The average Bonchev–Trinajstić information content (AvgIpc) is 3.27. The van der Waals surface area contributed by atoms with Crippen LogP contribution in [0.1, 0.15) is 16.7 Å². The fourth-order valence-electron chi connectivity index (χ4n) is 3.86. The van der Waals surface area contributed by atoms with Crippen molar-refractivity contribution >= 4 is 40.0 Å². The van der Waals surface area contributed by atoms with Gasteiger partial charge in [-0.25, -0.2) is 23.1 Å². The van der Waals surface area contributed by atoms with Crippen molar-refractivity contribution in [2.75, 3.05) is 29.9 Å². The van der Waals surface area contributed by atoms with Crippen LogP contribution in [0, 0.1) is 11.3 Å². The van der Waals surface area contributed by atoms with Crippen molar-refractivity contribution in [1.82, 2.24) is 14.7 Å². The number of carbonyl (C=O) groups excluding carboxylic acids is 1. The van der Waals surface area contributed by atoms with Gasteiger partial charge in [-0.05, 0) is 41.8 Å². The molecule has 2 N–H and O–H groups in total. The second-order valence-corrected chi connectivity index (χ2v) is 8.80. The number of carbonyl (C=O) groups is 1. The monoisotopic (exact) mass is 496 g/mol. The quantitative estimate of drug-likeness (QED) is 0.322. The maximum absolute atomic E-state index is 13.1. The minimum Gasteiger partial charge on any atom is -0.353 e. The number of hydrogen-bond donors (Lipinski definition) is 3. The first-order chi connectivity index (χ1) is 16.5. The van der Waals surface area contributed by atoms with Crippen LogP contribution in [0.2, 0.25) is 5.02 Å². The molecule has 2 heterocycles. The number of anilines is 2. The summed E-state index contributed by atoms with van der Waals surface area (Å²) < 4.78 is 23.5. The Morgan fingerprint density at radius 3 is 2.79 bits per heavy atom. The van der Waals surface area contributed by atoms with E-state index in [9.17, 15) is 18.5 Å². The standard InChI is InChI=1S/C23H21ClN6O3S/c24-19-4-2-1-3-15(19)13-21(31)30-10-6-16-11-17(12-18(14-25)22(16)30)20-5-7-26-23(29-20)27-8-9-28-34(32)33/h1-5,7,11-12,34H,6,8-10,13H2,(H,26,27,29)(H,28,32,33). The van der Waals surface area contributed by atoms with E-state index in [1.54, 1.807) is 29.3 Å². The van der Waals surface area contributed by atoms with Crippen LogP contribution in [0.5, 0.6) is 0 Å². The lowest BCUT2D eigenvalue weighted by molar-refractivity contribution is -0.117. The van der Waals surface area contributed by atoms with Crippen LogP contribution in [0.4, 0.5) is 11.6 Å². The normalized spacial score (nSPS) is 12.4. The minimum atomic E-state index is -2.65. The van der Waals surface area contributed by atoms with Crippen LogP contribution >= 0.6 is 11.6 Å². The predicted octanol–water partition coefficient (Wildman–Crippen LogP) is 2.33. The summed E-state index contributed by atoms with van der Waals surface area (Å²) in [6, 6.07) is 14.8. The second-order valence-electron chi connectivity index (χ2n) is 7.56. The third-order valence-electron chi connectivity index (χ3n) is 5.38. The van der Waals surface area contributed by atoms with Gasteiger partial charge in [-0.2, -0.15) is 5.26 Å². The van der Waals surface area contributed by atoms with Crippen molar-refractivity contribution in [2.24, 2.45) is 0 Å². The van der Waals surface area contributed by atoms with Crippen molar-refractivity contribution < 1.29 is 13.2 Å². The molecule has 1 aliphatic rings. The molecular weight excluding hydrogens is 476 g/mol. The summed E-state index contributed by atoms with van der Waals surface area (Å²) in [5.41, 5.74) is 4.03. The van der Waals surface area contributed by atoms with Gasteiger partial charge in [0.05, 0.1) is 23.4 Å². The Bertz CT molecular complexity index is 1350. The summed E-state index contributed by atoms with van der Waals surface area (Å²) in [7, 11) is -2.65. The van der Waals surface area contributed by atoms with Crippen LogP contribution in [-0.2, 0) is 28.5 Å². The SMILES string of the molecule is N#Cc1cc(-c2ccnc(NCCN[SH](=O)=O)n2)cc2c1N(C(=O)Cc1ccccc1Cl)CC2. The molecule has 0 aliphatic carbocycles. The van der Waals surface area contributed by atoms with Gasteiger partial charge in [0, 0.05) is 36.4 Å². The lowest BCUT2D eigenvalue weighted by Crippen LogP contribution is -2.31.